The molecule has 0 heterocycles. The number of sulfonamides is 1. The molecule has 0 saturated carbocycles. The van der Waals surface area contributed by atoms with Crippen LogP contribution >= 0.6 is 22.6 Å². The minimum Gasteiger partial charge on any atom is -0.274 e. The van der Waals surface area contributed by atoms with Crippen molar-refractivity contribution in [3.8, 4) is 0 Å². The van der Waals surface area contributed by atoms with Crippen LogP contribution in [-0.4, -0.2) is 39.3 Å². The van der Waals surface area contributed by atoms with Gasteiger partial charge in [0, 0.05) is 17.7 Å². The quantitative estimate of drug-likeness (QED) is 0.598. The van der Waals surface area contributed by atoms with Crippen LogP contribution < -0.4 is 5.48 Å². The van der Waals surface area contributed by atoms with Crippen LogP contribution in [0, 0.1) is 3.57 Å². The molecule has 0 atom stereocenters. The summed E-state index contributed by atoms with van der Waals surface area (Å²) in [6.45, 7) is 2.07. The number of hydroxylamine groups is 1. The van der Waals surface area contributed by atoms with Crippen molar-refractivity contribution in [1.29, 1.82) is 0 Å². The van der Waals surface area contributed by atoms with Crippen LogP contribution in [0.15, 0.2) is 23.1 Å². The highest BCUT2D eigenvalue weighted by molar-refractivity contribution is 14.1. The zero-order chi connectivity index (χ0) is 14.6. The lowest BCUT2D eigenvalue weighted by molar-refractivity contribution is 0.0363. The molecule has 0 radical (unpaired) electrons. The van der Waals surface area contributed by atoms with E-state index >= 15 is 0 Å². The summed E-state index contributed by atoms with van der Waals surface area (Å²) >= 11 is 1.96. The lowest BCUT2D eigenvalue weighted by Gasteiger charge is -2.13. The zero-order valence-electron chi connectivity index (χ0n) is 10.8. The van der Waals surface area contributed by atoms with Gasteiger partial charge in [0.15, 0.2) is 0 Å². The zero-order valence-corrected chi connectivity index (χ0v) is 13.8. The smallest absolute Gasteiger partial charge is 0.274 e. The summed E-state index contributed by atoms with van der Waals surface area (Å²) in [5, 5.41) is 0. The van der Waals surface area contributed by atoms with Crippen LogP contribution in [-0.2, 0) is 14.9 Å². The molecule has 1 aromatic rings. The van der Waals surface area contributed by atoms with E-state index in [4.69, 9.17) is 4.84 Å². The Morgan fingerprint density at radius 1 is 1.42 bits per heavy atom. The highest BCUT2D eigenvalue weighted by Gasteiger charge is 2.20. The minimum atomic E-state index is -3.56. The predicted molar refractivity (Wildman–Crippen MR) is 79.1 cm³/mol. The molecule has 0 aromatic heterocycles. The van der Waals surface area contributed by atoms with Crippen LogP contribution in [0.25, 0.3) is 0 Å². The highest BCUT2D eigenvalue weighted by atomic mass is 127. The summed E-state index contributed by atoms with van der Waals surface area (Å²) < 4.78 is 25.7. The summed E-state index contributed by atoms with van der Waals surface area (Å²) in [5.41, 5.74) is 2.51. The maximum absolute atomic E-state index is 12.0. The molecule has 0 aliphatic carbocycles. The molecule has 1 aromatic carbocycles. The standard InChI is InChI=1S/C11H15IN2O4S/c1-4-18-13-11(15)9-7-8(5-6-10(9)12)19(16,17)14(2)3/h5-7H,4H2,1-3H3,(H,13,15). The van der Waals surface area contributed by atoms with E-state index in [0.717, 1.165) is 4.31 Å². The summed E-state index contributed by atoms with van der Waals surface area (Å²) in [6, 6.07) is 4.39. The van der Waals surface area contributed by atoms with Crippen LogP contribution in [0.2, 0.25) is 0 Å². The Morgan fingerprint density at radius 2 is 2.05 bits per heavy atom. The molecular formula is C11H15IN2O4S. The van der Waals surface area contributed by atoms with Crippen molar-refractivity contribution in [2.75, 3.05) is 20.7 Å². The van der Waals surface area contributed by atoms with Gasteiger partial charge in [-0.1, -0.05) is 0 Å². The molecule has 1 amide bonds. The van der Waals surface area contributed by atoms with Gasteiger partial charge in [0.1, 0.15) is 0 Å². The Balaban J connectivity index is 3.18. The van der Waals surface area contributed by atoms with E-state index in [1.807, 2.05) is 22.6 Å². The van der Waals surface area contributed by atoms with E-state index < -0.39 is 15.9 Å². The third-order valence-corrected chi connectivity index (χ3v) is 5.02. The van der Waals surface area contributed by atoms with Crippen molar-refractivity contribution in [3.63, 3.8) is 0 Å². The number of amides is 1. The lowest BCUT2D eigenvalue weighted by Crippen LogP contribution is -2.26. The predicted octanol–water partition coefficient (Wildman–Crippen LogP) is 1.22. The van der Waals surface area contributed by atoms with Gasteiger partial charge >= 0.3 is 0 Å². The summed E-state index contributed by atoms with van der Waals surface area (Å²) in [5.74, 6) is -0.470. The summed E-state index contributed by atoms with van der Waals surface area (Å²) in [7, 11) is -0.686. The molecule has 19 heavy (non-hydrogen) atoms. The van der Waals surface area contributed by atoms with Crippen molar-refractivity contribution >= 4 is 38.5 Å². The van der Waals surface area contributed by atoms with Crippen LogP contribution in [0.1, 0.15) is 17.3 Å². The fourth-order valence-electron chi connectivity index (χ4n) is 1.24. The molecule has 0 unspecified atom stereocenters. The number of hydrogen-bond donors (Lipinski definition) is 1. The normalized spacial score (nSPS) is 11.6. The molecule has 8 heteroatoms. The molecule has 0 aliphatic rings. The average molecular weight is 398 g/mol. The van der Waals surface area contributed by atoms with Crippen LogP contribution in [0.5, 0.6) is 0 Å². The number of halogens is 1. The number of nitrogens with one attached hydrogen (secondary N) is 1. The second-order valence-electron chi connectivity index (χ2n) is 3.79. The SMILES string of the molecule is CCONC(=O)c1cc(S(=O)(=O)N(C)C)ccc1I. The molecular weight excluding hydrogens is 383 g/mol. The van der Waals surface area contributed by atoms with E-state index in [1.165, 1.54) is 26.2 Å². The third kappa shape index (κ3) is 3.88. The Labute approximate surface area is 126 Å². The molecule has 1 N–H and O–H groups in total. The number of rotatable bonds is 5. The third-order valence-electron chi connectivity index (χ3n) is 2.27. The largest absolute Gasteiger partial charge is 0.275 e. The highest BCUT2D eigenvalue weighted by Crippen LogP contribution is 2.19. The first-order valence-electron chi connectivity index (χ1n) is 5.45. The minimum absolute atomic E-state index is 0.0690. The van der Waals surface area contributed by atoms with Crippen molar-refractivity contribution in [2.45, 2.75) is 11.8 Å². The van der Waals surface area contributed by atoms with Crippen molar-refractivity contribution < 1.29 is 18.0 Å². The first-order valence-corrected chi connectivity index (χ1v) is 7.96. The number of carbonyl (C=O) groups is 1. The molecule has 0 fully saturated rings. The molecule has 0 saturated heterocycles. The van der Waals surface area contributed by atoms with E-state index in [1.54, 1.807) is 13.0 Å². The van der Waals surface area contributed by atoms with Crippen molar-refractivity contribution in [2.24, 2.45) is 0 Å². The van der Waals surface area contributed by atoms with Gasteiger partial charge in [-0.3, -0.25) is 9.63 Å². The number of benzene rings is 1. The van der Waals surface area contributed by atoms with Gasteiger partial charge in [0.05, 0.1) is 17.1 Å². The summed E-state index contributed by atoms with van der Waals surface area (Å²) in [6.07, 6.45) is 0. The Bertz CT molecular complexity index is 572. The summed E-state index contributed by atoms with van der Waals surface area (Å²) in [4.78, 5) is 16.7. The molecule has 106 valence electrons. The van der Waals surface area contributed by atoms with Gasteiger partial charge in [-0.2, -0.15) is 0 Å². The van der Waals surface area contributed by atoms with Crippen LogP contribution in [0.4, 0.5) is 0 Å². The number of hydrogen-bond acceptors (Lipinski definition) is 4. The number of carbonyl (C=O) groups excluding carboxylic acids is 1. The van der Waals surface area contributed by atoms with E-state index in [0.29, 0.717) is 10.2 Å². The second kappa shape index (κ2) is 6.64. The molecule has 1 rings (SSSR count). The van der Waals surface area contributed by atoms with Gasteiger partial charge < -0.3 is 0 Å². The second-order valence-corrected chi connectivity index (χ2v) is 7.11. The molecule has 0 bridgehead atoms. The average Bonchev–Trinajstić information content (AvgIpc) is 2.36. The molecule has 0 aliphatic heterocycles. The first kappa shape index (κ1) is 16.3. The fourth-order valence-corrected chi connectivity index (χ4v) is 2.75. The van der Waals surface area contributed by atoms with Crippen molar-refractivity contribution in [1.82, 2.24) is 9.79 Å². The first-order chi connectivity index (χ1) is 8.80. The van der Waals surface area contributed by atoms with E-state index in [-0.39, 0.29) is 10.5 Å². The lowest BCUT2D eigenvalue weighted by atomic mass is 10.2. The van der Waals surface area contributed by atoms with Gasteiger partial charge in [0.2, 0.25) is 10.0 Å². The van der Waals surface area contributed by atoms with Gasteiger partial charge in [-0.25, -0.2) is 18.2 Å². The number of nitrogens with zero attached hydrogens (tertiary/aromatic N) is 1. The van der Waals surface area contributed by atoms with Crippen molar-refractivity contribution in [3.05, 3.63) is 27.3 Å². The van der Waals surface area contributed by atoms with Crippen LogP contribution in [0.3, 0.4) is 0 Å². The Hall–Kier alpha value is -0.710. The maximum Gasteiger partial charge on any atom is 0.275 e. The van der Waals surface area contributed by atoms with E-state index in [9.17, 15) is 13.2 Å². The van der Waals surface area contributed by atoms with Gasteiger partial charge in [0.25, 0.3) is 5.91 Å². The Morgan fingerprint density at radius 3 is 2.58 bits per heavy atom. The molecule has 6 nitrogen and oxygen atoms in total. The molecule has 0 spiro atoms. The maximum atomic E-state index is 12.0. The van der Waals surface area contributed by atoms with Gasteiger partial charge in [-0.15, -0.1) is 0 Å². The monoisotopic (exact) mass is 398 g/mol. The van der Waals surface area contributed by atoms with E-state index in [2.05, 4.69) is 5.48 Å². The van der Waals surface area contributed by atoms with Gasteiger partial charge in [-0.05, 0) is 47.7 Å². The Kier molecular flexibility index (Phi) is 5.71. The fraction of sp³-hybridized carbons (Fsp3) is 0.364. The topological polar surface area (TPSA) is 75.7 Å².